The molecule has 1 atom stereocenters. The number of rotatable bonds is 52. The van der Waals surface area contributed by atoms with E-state index in [9.17, 15) is 14.4 Å². The summed E-state index contributed by atoms with van der Waals surface area (Å²) in [6.07, 6.45) is 52.4. The van der Waals surface area contributed by atoms with Crippen LogP contribution in [0.4, 0.5) is 0 Å². The molecule has 386 valence electrons. The fourth-order valence-corrected chi connectivity index (χ4v) is 9.00. The third-order valence-electron chi connectivity index (χ3n) is 13.4. The summed E-state index contributed by atoms with van der Waals surface area (Å²) in [7, 11) is 0. The zero-order chi connectivity index (χ0) is 47.7. The topological polar surface area (TPSA) is 78.9 Å². The van der Waals surface area contributed by atoms with Crippen LogP contribution < -0.4 is 0 Å². The Hall–Kier alpha value is -1.59. The molecule has 0 aromatic heterocycles. The van der Waals surface area contributed by atoms with Gasteiger partial charge in [0.05, 0.1) is 0 Å². The summed E-state index contributed by atoms with van der Waals surface area (Å²) in [6.45, 7) is 13.8. The Kier molecular flexibility index (Phi) is 49.1. The number of carbonyl (C=O) groups excluding carboxylic acids is 3. The molecule has 0 radical (unpaired) electrons. The Balaban J connectivity index is 4.29. The average Bonchev–Trinajstić information content (AvgIpc) is 3.26. The van der Waals surface area contributed by atoms with E-state index in [0.717, 1.165) is 75.5 Å². The summed E-state index contributed by atoms with van der Waals surface area (Å²) in [5, 5.41) is 0. The van der Waals surface area contributed by atoms with Gasteiger partial charge < -0.3 is 14.2 Å². The number of hydrogen-bond donors (Lipinski definition) is 0. The maximum atomic E-state index is 12.8. The standard InChI is InChI=1S/C59H114O6/c1-53(2)45-39-33-27-21-15-10-8-7-9-11-18-24-30-36-42-48-57(60)63-51-56(65-59(62)50-44-38-32-26-20-14-17-23-29-35-41-47-55(5)6)52-64-58(61)49-43-37-31-25-19-13-12-16-22-28-34-40-46-54(3)4/h53-56H,7-52H2,1-6H3/t56-/m1/s1. The Labute approximate surface area is 406 Å². The lowest BCUT2D eigenvalue weighted by Gasteiger charge is -2.18. The van der Waals surface area contributed by atoms with Crippen molar-refractivity contribution in [2.75, 3.05) is 13.2 Å². The molecule has 0 fully saturated rings. The minimum absolute atomic E-state index is 0.0635. The van der Waals surface area contributed by atoms with Gasteiger partial charge in [-0.1, -0.05) is 286 Å². The van der Waals surface area contributed by atoms with Crippen LogP contribution in [0.2, 0.25) is 0 Å². The van der Waals surface area contributed by atoms with Crippen molar-refractivity contribution in [3.8, 4) is 0 Å². The molecule has 0 aliphatic heterocycles. The van der Waals surface area contributed by atoms with Crippen LogP contribution in [0.5, 0.6) is 0 Å². The minimum atomic E-state index is -0.764. The van der Waals surface area contributed by atoms with Gasteiger partial charge in [0, 0.05) is 19.3 Å². The molecule has 0 saturated carbocycles. The van der Waals surface area contributed by atoms with Crippen molar-refractivity contribution in [1.29, 1.82) is 0 Å². The van der Waals surface area contributed by atoms with Gasteiger partial charge >= 0.3 is 17.9 Å². The molecule has 65 heavy (non-hydrogen) atoms. The van der Waals surface area contributed by atoms with Crippen molar-refractivity contribution in [2.45, 2.75) is 330 Å². The molecule has 6 nitrogen and oxygen atoms in total. The van der Waals surface area contributed by atoms with Gasteiger partial charge in [0.25, 0.3) is 0 Å². The number of hydrogen-bond acceptors (Lipinski definition) is 6. The highest BCUT2D eigenvalue weighted by atomic mass is 16.6. The van der Waals surface area contributed by atoms with Gasteiger partial charge in [-0.3, -0.25) is 14.4 Å². The van der Waals surface area contributed by atoms with Crippen molar-refractivity contribution in [3.05, 3.63) is 0 Å². The second-order valence-corrected chi connectivity index (χ2v) is 21.7. The first-order chi connectivity index (χ1) is 31.6. The minimum Gasteiger partial charge on any atom is -0.462 e. The van der Waals surface area contributed by atoms with Gasteiger partial charge in [0.2, 0.25) is 0 Å². The number of carbonyl (C=O) groups is 3. The third kappa shape index (κ3) is 53.2. The molecule has 6 heteroatoms. The Morgan fingerprint density at radius 3 is 0.662 bits per heavy atom. The van der Waals surface area contributed by atoms with Crippen LogP contribution in [0.3, 0.4) is 0 Å². The highest BCUT2D eigenvalue weighted by molar-refractivity contribution is 5.71. The van der Waals surface area contributed by atoms with Crippen LogP contribution in [0.1, 0.15) is 324 Å². The number of unbranched alkanes of at least 4 members (excludes halogenated alkanes) is 35. The molecule has 0 aliphatic rings. The van der Waals surface area contributed by atoms with Gasteiger partial charge in [0.1, 0.15) is 13.2 Å². The van der Waals surface area contributed by atoms with Gasteiger partial charge in [-0.15, -0.1) is 0 Å². The predicted molar refractivity (Wildman–Crippen MR) is 279 cm³/mol. The molecule has 0 aromatic rings. The van der Waals surface area contributed by atoms with Gasteiger partial charge in [-0.25, -0.2) is 0 Å². The second kappa shape index (κ2) is 50.3. The molecule has 0 aliphatic carbocycles. The molecule has 0 unspecified atom stereocenters. The lowest BCUT2D eigenvalue weighted by atomic mass is 10.0. The summed E-state index contributed by atoms with van der Waals surface area (Å²) >= 11 is 0. The van der Waals surface area contributed by atoms with Crippen molar-refractivity contribution < 1.29 is 28.6 Å². The normalized spacial score (nSPS) is 12.1. The number of esters is 3. The first-order valence-electron chi connectivity index (χ1n) is 29.1. The molecule has 0 rings (SSSR count). The summed E-state index contributed by atoms with van der Waals surface area (Å²) in [4.78, 5) is 38.1. The third-order valence-corrected chi connectivity index (χ3v) is 13.4. The van der Waals surface area contributed by atoms with Gasteiger partial charge in [-0.2, -0.15) is 0 Å². The SMILES string of the molecule is CC(C)CCCCCCCCCCCCCCCCCC(=O)OC[C@H](COC(=O)CCCCCCCCCCCCCCC(C)C)OC(=O)CCCCCCCCCCCCCC(C)C. The molecular weight excluding hydrogens is 805 g/mol. The van der Waals surface area contributed by atoms with E-state index < -0.39 is 6.10 Å². The summed E-state index contributed by atoms with van der Waals surface area (Å²) in [6, 6.07) is 0. The van der Waals surface area contributed by atoms with Gasteiger partial charge in [0.15, 0.2) is 6.10 Å². The van der Waals surface area contributed by atoms with E-state index in [1.165, 1.54) is 205 Å². The highest BCUT2D eigenvalue weighted by Gasteiger charge is 2.19. The fraction of sp³-hybridized carbons (Fsp3) is 0.949. The largest absolute Gasteiger partial charge is 0.462 e. The molecule has 0 bridgehead atoms. The smallest absolute Gasteiger partial charge is 0.306 e. The molecule has 0 aromatic carbocycles. The first kappa shape index (κ1) is 63.4. The van der Waals surface area contributed by atoms with E-state index >= 15 is 0 Å². The Bertz CT molecular complexity index is 1010. The summed E-state index contributed by atoms with van der Waals surface area (Å²) in [5.41, 5.74) is 0. The Morgan fingerprint density at radius 1 is 0.262 bits per heavy atom. The molecule has 0 heterocycles. The van der Waals surface area contributed by atoms with E-state index in [2.05, 4.69) is 41.5 Å². The van der Waals surface area contributed by atoms with Crippen molar-refractivity contribution in [1.82, 2.24) is 0 Å². The van der Waals surface area contributed by atoms with E-state index in [1.807, 2.05) is 0 Å². The van der Waals surface area contributed by atoms with Gasteiger partial charge in [-0.05, 0) is 37.0 Å². The average molecular weight is 920 g/mol. The van der Waals surface area contributed by atoms with Crippen molar-refractivity contribution in [2.24, 2.45) is 17.8 Å². The predicted octanol–water partition coefficient (Wildman–Crippen LogP) is 19.1. The first-order valence-corrected chi connectivity index (χ1v) is 29.1. The lowest BCUT2D eigenvalue weighted by Crippen LogP contribution is -2.30. The zero-order valence-electron chi connectivity index (χ0n) is 44.8. The van der Waals surface area contributed by atoms with Crippen LogP contribution in [-0.4, -0.2) is 37.2 Å². The van der Waals surface area contributed by atoms with Crippen molar-refractivity contribution >= 4 is 17.9 Å². The monoisotopic (exact) mass is 919 g/mol. The fourth-order valence-electron chi connectivity index (χ4n) is 9.00. The number of ether oxygens (including phenoxy) is 3. The van der Waals surface area contributed by atoms with Crippen molar-refractivity contribution in [3.63, 3.8) is 0 Å². The zero-order valence-corrected chi connectivity index (χ0v) is 44.8. The quantitative estimate of drug-likeness (QED) is 0.0344. The summed E-state index contributed by atoms with van der Waals surface area (Å²) < 4.78 is 16.9. The Morgan fingerprint density at radius 2 is 0.446 bits per heavy atom. The van der Waals surface area contributed by atoms with E-state index in [-0.39, 0.29) is 31.1 Å². The molecular formula is C59H114O6. The van der Waals surface area contributed by atoms with Crippen LogP contribution in [0, 0.1) is 17.8 Å². The second-order valence-electron chi connectivity index (χ2n) is 21.7. The maximum absolute atomic E-state index is 12.8. The molecule has 0 amide bonds. The van der Waals surface area contributed by atoms with E-state index in [4.69, 9.17) is 14.2 Å². The molecule has 0 N–H and O–H groups in total. The highest BCUT2D eigenvalue weighted by Crippen LogP contribution is 2.18. The van der Waals surface area contributed by atoms with E-state index in [0.29, 0.717) is 19.3 Å². The lowest BCUT2D eigenvalue weighted by molar-refractivity contribution is -0.167. The summed E-state index contributed by atoms with van der Waals surface area (Å²) in [5.74, 6) is 1.66. The van der Waals surface area contributed by atoms with Crippen LogP contribution >= 0.6 is 0 Å². The van der Waals surface area contributed by atoms with Crippen LogP contribution in [-0.2, 0) is 28.6 Å². The molecule has 0 spiro atoms. The van der Waals surface area contributed by atoms with Crippen LogP contribution in [0.25, 0.3) is 0 Å². The van der Waals surface area contributed by atoms with E-state index in [1.54, 1.807) is 0 Å². The van der Waals surface area contributed by atoms with Crippen LogP contribution in [0.15, 0.2) is 0 Å². The maximum Gasteiger partial charge on any atom is 0.306 e. The molecule has 0 saturated heterocycles.